The van der Waals surface area contributed by atoms with Crippen LogP contribution in [0.1, 0.15) is 11.1 Å². The molecule has 0 spiro atoms. The molecule has 3 rings (SSSR count). The summed E-state index contributed by atoms with van der Waals surface area (Å²) in [4.78, 5) is 14.6. The Labute approximate surface area is 152 Å². The molecule has 0 aromatic heterocycles. The van der Waals surface area contributed by atoms with E-state index in [0.717, 1.165) is 20.9 Å². The summed E-state index contributed by atoms with van der Waals surface area (Å²) in [5.74, 6) is -0.343. The minimum atomic E-state index is -0.343. The first-order valence-electron chi connectivity index (χ1n) is 7.95. The minimum Gasteiger partial charge on any atom is -0.465 e. The zero-order chi connectivity index (χ0) is 17.5. The number of esters is 1. The van der Waals surface area contributed by atoms with Crippen LogP contribution in [0.4, 0.5) is 0 Å². The van der Waals surface area contributed by atoms with E-state index in [2.05, 4.69) is 12.1 Å². The van der Waals surface area contributed by atoms with Gasteiger partial charge >= 0.3 is 5.97 Å². The van der Waals surface area contributed by atoms with E-state index in [0.29, 0.717) is 5.57 Å². The van der Waals surface area contributed by atoms with E-state index in [-0.39, 0.29) is 5.97 Å². The summed E-state index contributed by atoms with van der Waals surface area (Å²) in [5.41, 5.74) is 2.38. The summed E-state index contributed by atoms with van der Waals surface area (Å²) in [5, 5.41) is 0. The SMILES string of the molecule is COC(=O)/C(=C\c1ccccc1)c1ccccc1Sc1ccccc1. The van der Waals surface area contributed by atoms with Gasteiger partial charge in [-0.3, -0.25) is 0 Å². The molecular formula is C22H18O2S. The van der Waals surface area contributed by atoms with E-state index >= 15 is 0 Å². The molecule has 0 amide bonds. The maximum absolute atomic E-state index is 12.4. The molecule has 0 saturated heterocycles. The summed E-state index contributed by atoms with van der Waals surface area (Å²) in [6, 6.07) is 27.8. The molecule has 0 aliphatic rings. The molecule has 0 aliphatic heterocycles. The van der Waals surface area contributed by atoms with Crippen LogP contribution < -0.4 is 0 Å². The smallest absolute Gasteiger partial charge is 0.338 e. The first-order chi connectivity index (χ1) is 12.3. The number of hydrogen-bond donors (Lipinski definition) is 0. The lowest BCUT2D eigenvalue weighted by Crippen LogP contribution is -2.05. The summed E-state index contributed by atoms with van der Waals surface area (Å²) in [6.07, 6.45) is 1.87. The molecule has 3 aromatic rings. The predicted octanol–water partition coefficient (Wildman–Crippen LogP) is 5.55. The summed E-state index contributed by atoms with van der Waals surface area (Å²) in [6.45, 7) is 0. The number of hydrogen-bond acceptors (Lipinski definition) is 3. The highest BCUT2D eigenvalue weighted by molar-refractivity contribution is 7.99. The fourth-order valence-electron chi connectivity index (χ4n) is 2.47. The van der Waals surface area contributed by atoms with Gasteiger partial charge in [0.05, 0.1) is 12.7 Å². The van der Waals surface area contributed by atoms with Crippen LogP contribution in [0.15, 0.2) is 94.7 Å². The van der Waals surface area contributed by atoms with Gasteiger partial charge < -0.3 is 4.74 Å². The van der Waals surface area contributed by atoms with Gasteiger partial charge in [-0.2, -0.15) is 0 Å². The third kappa shape index (κ3) is 4.40. The van der Waals surface area contributed by atoms with Crippen LogP contribution in [0.5, 0.6) is 0 Å². The quantitative estimate of drug-likeness (QED) is 0.344. The van der Waals surface area contributed by atoms with Gasteiger partial charge in [0.25, 0.3) is 0 Å². The Kier molecular flexibility index (Phi) is 5.70. The molecule has 0 unspecified atom stereocenters. The zero-order valence-corrected chi connectivity index (χ0v) is 14.7. The maximum Gasteiger partial charge on any atom is 0.338 e. The number of benzene rings is 3. The van der Waals surface area contributed by atoms with E-state index in [1.165, 1.54) is 7.11 Å². The molecule has 0 N–H and O–H groups in total. The van der Waals surface area contributed by atoms with E-state index in [4.69, 9.17) is 4.74 Å². The predicted molar refractivity (Wildman–Crippen MR) is 103 cm³/mol. The topological polar surface area (TPSA) is 26.3 Å². The number of ether oxygens (including phenoxy) is 1. The molecule has 0 aliphatic carbocycles. The van der Waals surface area contributed by atoms with Crippen molar-refractivity contribution >= 4 is 29.4 Å². The van der Waals surface area contributed by atoms with Crippen molar-refractivity contribution in [2.75, 3.05) is 7.11 Å². The van der Waals surface area contributed by atoms with Crippen LogP contribution in [0.25, 0.3) is 11.6 Å². The molecule has 25 heavy (non-hydrogen) atoms. The van der Waals surface area contributed by atoms with Gasteiger partial charge in [-0.15, -0.1) is 0 Å². The Bertz CT molecular complexity index is 871. The monoisotopic (exact) mass is 346 g/mol. The average Bonchev–Trinajstić information content (AvgIpc) is 2.68. The van der Waals surface area contributed by atoms with Crippen molar-refractivity contribution in [1.29, 1.82) is 0 Å². The standard InChI is InChI=1S/C22H18O2S/c1-24-22(23)20(16-17-10-4-2-5-11-17)19-14-8-9-15-21(19)25-18-12-6-3-7-13-18/h2-16H,1H3/b20-16-. The molecule has 124 valence electrons. The van der Waals surface area contributed by atoms with Crippen LogP contribution in [0.2, 0.25) is 0 Å². The molecule has 0 bridgehead atoms. The molecule has 2 nitrogen and oxygen atoms in total. The Morgan fingerprint density at radius 1 is 0.840 bits per heavy atom. The lowest BCUT2D eigenvalue weighted by molar-refractivity contribution is -0.133. The van der Waals surface area contributed by atoms with Crippen LogP contribution in [-0.2, 0) is 9.53 Å². The number of methoxy groups -OCH3 is 1. The normalized spacial score (nSPS) is 11.2. The van der Waals surface area contributed by atoms with Crippen molar-refractivity contribution in [3.63, 3.8) is 0 Å². The lowest BCUT2D eigenvalue weighted by Gasteiger charge is -2.12. The first kappa shape index (κ1) is 17.1. The Hall–Kier alpha value is -2.78. The molecule has 0 saturated carbocycles. The van der Waals surface area contributed by atoms with E-state index in [1.54, 1.807) is 11.8 Å². The largest absolute Gasteiger partial charge is 0.465 e. The van der Waals surface area contributed by atoms with Crippen molar-refractivity contribution in [2.45, 2.75) is 9.79 Å². The number of carbonyl (C=O) groups is 1. The average molecular weight is 346 g/mol. The van der Waals surface area contributed by atoms with Crippen molar-refractivity contribution in [3.05, 3.63) is 96.1 Å². The van der Waals surface area contributed by atoms with E-state index < -0.39 is 0 Å². The third-order valence-electron chi connectivity index (χ3n) is 3.66. The molecule has 3 heteroatoms. The fourth-order valence-corrected chi connectivity index (χ4v) is 3.45. The van der Waals surface area contributed by atoms with Crippen molar-refractivity contribution in [3.8, 4) is 0 Å². The highest BCUT2D eigenvalue weighted by Gasteiger charge is 2.16. The zero-order valence-electron chi connectivity index (χ0n) is 13.9. The number of rotatable bonds is 5. The Balaban J connectivity index is 2.05. The van der Waals surface area contributed by atoms with Crippen LogP contribution in [0, 0.1) is 0 Å². The van der Waals surface area contributed by atoms with Crippen molar-refractivity contribution < 1.29 is 9.53 Å². The second-order valence-corrected chi connectivity index (χ2v) is 6.49. The van der Waals surface area contributed by atoms with E-state index in [1.807, 2.05) is 78.9 Å². The van der Waals surface area contributed by atoms with Gasteiger partial charge in [-0.25, -0.2) is 4.79 Å². The molecule has 0 fully saturated rings. The van der Waals surface area contributed by atoms with Crippen LogP contribution in [-0.4, -0.2) is 13.1 Å². The lowest BCUT2D eigenvalue weighted by atomic mass is 10.0. The van der Waals surface area contributed by atoms with Crippen molar-refractivity contribution in [1.82, 2.24) is 0 Å². The summed E-state index contributed by atoms with van der Waals surface area (Å²) < 4.78 is 5.03. The number of carbonyl (C=O) groups excluding carboxylic acids is 1. The van der Waals surface area contributed by atoms with Crippen LogP contribution >= 0.6 is 11.8 Å². The van der Waals surface area contributed by atoms with Gasteiger partial charge in [-0.05, 0) is 29.8 Å². The van der Waals surface area contributed by atoms with Gasteiger partial charge in [0, 0.05) is 15.4 Å². The molecule has 0 radical (unpaired) electrons. The molecule has 0 heterocycles. The summed E-state index contributed by atoms with van der Waals surface area (Å²) in [7, 11) is 1.41. The Morgan fingerprint density at radius 2 is 1.44 bits per heavy atom. The van der Waals surface area contributed by atoms with Crippen molar-refractivity contribution in [2.24, 2.45) is 0 Å². The maximum atomic E-state index is 12.4. The van der Waals surface area contributed by atoms with Gasteiger partial charge in [0.2, 0.25) is 0 Å². The summed E-state index contributed by atoms with van der Waals surface area (Å²) >= 11 is 1.63. The second kappa shape index (κ2) is 8.36. The highest BCUT2D eigenvalue weighted by Crippen LogP contribution is 2.34. The second-order valence-electron chi connectivity index (χ2n) is 5.37. The van der Waals surface area contributed by atoms with Gasteiger partial charge in [0.15, 0.2) is 0 Å². The molecule has 3 aromatic carbocycles. The Morgan fingerprint density at radius 3 is 2.12 bits per heavy atom. The fraction of sp³-hybridized carbons (Fsp3) is 0.0455. The van der Waals surface area contributed by atoms with E-state index in [9.17, 15) is 4.79 Å². The third-order valence-corrected chi connectivity index (χ3v) is 4.75. The minimum absolute atomic E-state index is 0.343. The highest BCUT2D eigenvalue weighted by atomic mass is 32.2. The first-order valence-corrected chi connectivity index (χ1v) is 8.77. The van der Waals surface area contributed by atoms with Crippen LogP contribution in [0.3, 0.4) is 0 Å². The molecule has 0 atom stereocenters. The van der Waals surface area contributed by atoms with Gasteiger partial charge in [0.1, 0.15) is 0 Å². The van der Waals surface area contributed by atoms with Gasteiger partial charge in [-0.1, -0.05) is 78.5 Å². The molecular weight excluding hydrogens is 328 g/mol.